The van der Waals surface area contributed by atoms with Gasteiger partial charge in [0.15, 0.2) is 0 Å². The lowest BCUT2D eigenvalue weighted by Gasteiger charge is -2.19. The smallest absolute Gasteiger partial charge is 0.407 e. The molecule has 0 saturated heterocycles. The Bertz CT molecular complexity index is 1120. The molecule has 0 aliphatic carbocycles. The second kappa shape index (κ2) is 10.8. The number of nitrogens with one attached hydrogen (secondary N) is 3. The van der Waals surface area contributed by atoms with Crippen LogP contribution in [-0.4, -0.2) is 53.3 Å². The van der Waals surface area contributed by atoms with Gasteiger partial charge in [-0.1, -0.05) is 18.2 Å². The number of amides is 5. The fraction of sp³-hybridized carbons (Fsp3) is 0.320. The van der Waals surface area contributed by atoms with Gasteiger partial charge >= 0.3 is 6.09 Å². The van der Waals surface area contributed by atoms with E-state index in [1.807, 2.05) is 0 Å². The molecule has 0 radical (unpaired) electrons. The van der Waals surface area contributed by atoms with Crippen molar-refractivity contribution in [2.75, 3.05) is 23.7 Å². The van der Waals surface area contributed by atoms with E-state index in [1.54, 1.807) is 69.3 Å². The van der Waals surface area contributed by atoms with E-state index in [2.05, 4.69) is 16.0 Å². The third-order valence-electron chi connectivity index (χ3n) is 4.89. The normalized spacial score (nSPS) is 12.7. The molecular weight excluding hydrogens is 452 g/mol. The minimum Gasteiger partial charge on any atom is -0.444 e. The molecule has 1 aliphatic heterocycles. The van der Waals surface area contributed by atoms with Crippen molar-refractivity contribution in [2.24, 2.45) is 0 Å². The standard InChI is InChI=1S/C25H28N4O6/c1-25(2,3)35-24(34)26-13-11-20(30)27-16-7-6-8-17(15-16)28-21(31)12-14-29-22(32)18-9-4-5-10-19(18)23(29)33/h4-10,15H,11-14H2,1-3H3,(H,26,34)(H,27,30)(H,28,31). The van der Waals surface area contributed by atoms with E-state index in [9.17, 15) is 24.0 Å². The van der Waals surface area contributed by atoms with Crippen LogP contribution in [0.3, 0.4) is 0 Å². The summed E-state index contributed by atoms with van der Waals surface area (Å²) in [5.41, 5.74) is 0.958. The number of carbonyl (C=O) groups is 5. The molecule has 0 saturated carbocycles. The maximum absolute atomic E-state index is 12.4. The van der Waals surface area contributed by atoms with Gasteiger partial charge in [0, 0.05) is 37.3 Å². The molecule has 0 fully saturated rings. The minimum atomic E-state index is -0.623. The van der Waals surface area contributed by atoms with Gasteiger partial charge in [0.05, 0.1) is 11.1 Å². The summed E-state index contributed by atoms with van der Waals surface area (Å²) in [4.78, 5) is 62.0. The monoisotopic (exact) mass is 480 g/mol. The Morgan fingerprint density at radius 2 is 1.37 bits per heavy atom. The van der Waals surface area contributed by atoms with Crippen LogP contribution in [0.4, 0.5) is 16.2 Å². The first-order chi connectivity index (χ1) is 16.5. The van der Waals surface area contributed by atoms with Gasteiger partial charge in [-0.25, -0.2) is 4.79 Å². The number of hydrogen-bond donors (Lipinski definition) is 3. The number of carbonyl (C=O) groups excluding carboxylic acids is 5. The third kappa shape index (κ3) is 7.13. The van der Waals surface area contributed by atoms with Crippen LogP contribution < -0.4 is 16.0 Å². The van der Waals surface area contributed by atoms with Crippen molar-refractivity contribution in [3.05, 3.63) is 59.7 Å². The Morgan fingerprint density at radius 3 is 1.91 bits per heavy atom. The van der Waals surface area contributed by atoms with E-state index in [0.717, 1.165) is 4.90 Å². The van der Waals surface area contributed by atoms with Gasteiger partial charge < -0.3 is 20.7 Å². The molecule has 1 heterocycles. The summed E-state index contributed by atoms with van der Waals surface area (Å²) >= 11 is 0. The first-order valence-corrected chi connectivity index (χ1v) is 11.2. The van der Waals surface area contributed by atoms with E-state index in [1.165, 1.54) is 0 Å². The minimum absolute atomic E-state index is 0.0378. The Balaban J connectivity index is 1.45. The lowest BCUT2D eigenvalue weighted by atomic mass is 10.1. The molecule has 0 atom stereocenters. The van der Waals surface area contributed by atoms with Gasteiger partial charge in [-0.05, 0) is 51.1 Å². The molecule has 10 nitrogen and oxygen atoms in total. The number of imide groups is 1. The molecule has 0 aromatic heterocycles. The predicted molar refractivity (Wildman–Crippen MR) is 129 cm³/mol. The molecule has 184 valence electrons. The van der Waals surface area contributed by atoms with E-state index < -0.39 is 23.5 Å². The Labute approximate surface area is 203 Å². The van der Waals surface area contributed by atoms with E-state index in [-0.39, 0.29) is 37.7 Å². The maximum atomic E-state index is 12.4. The van der Waals surface area contributed by atoms with Gasteiger partial charge in [0.2, 0.25) is 11.8 Å². The third-order valence-corrected chi connectivity index (χ3v) is 4.89. The molecular formula is C25H28N4O6. The number of anilines is 2. The summed E-state index contributed by atoms with van der Waals surface area (Å²) in [6.07, 6.45) is -0.634. The molecule has 10 heteroatoms. The van der Waals surface area contributed by atoms with E-state index in [4.69, 9.17) is 4.74 Å². The van der Waals surface area contributed by atoms with Crippen molar-refractivity contribution in [1.29, 1.82) is 0 Å². The lowest BCUT2D eigenvalue weighted by molar-refractivity contribution is -0.117. The zero-order valence-electron chi connectivity index (χ0n) is 19.8. The summed E-state index contributed by atoms with van der Waals surface area (Å²) in [5, 5.41) is 7.90. The van der Waals surface area contributed by atoms with Crippen LogP contribution in [0.25, 0.3) is 0 Å². The average molecular weight is 481 g/mol. The molecule has 5 amide bonds. The Kier molecular flexibility index (Phi) is 7.85. The number of ether oxygens (including phenoxy) is 1. The molecule has 2 aromatic rings. The maximum Gasteiger partial charge on any atom is 0.407 e. The molecule has 0 bridgehead atoms. The van der Waals surface area contributed by atoms with Gasteiger partial charge in [-0.3, -0.25) is 24.1 Å². The number of nitrogens with zero attached hydrogens (tertiary/aromatic N) is 1. The van der Waals surface area contributed by atoms with Crippen molar-refractivity contribution in [3.63, 3.8) is 0 Å². The van der Waals surface area contributed by atoms with Gasteiger partial charge in [-0.2, -0.15) is 0 Å². The summed E-state index contributed by atoms with van der Waals surface area (Å²) in [5.74, 6) is -1.53. The summed E-state index contributed by atoms with van der Waals surface area (Å²) in [6, 6.07) is 13.1. The van der Waals surface area contributed by atoms with Crippen LogP contribution >= 0.6 is 0 Å². The van der Waals surface area contributed by atoms with Crippen LogP contribution in [0, 0.1) is 0 Å². The highest BCUT2D eigenvalue weighted by Gasteiger charge is 2.34. The zero-order chi connectivity index (χ0) is 25.6. The number of hydrogen-bond acceptors (Lipinski definition) is 6. The second-order valence-electron chi connectivity index (χ2n) is 8.91. The molecule has 1 aliphatic rings. The van der Waals surface area contributed by atoms with Gasteiger partial charge in [0.1, 0.15) is 5.60 Å². The molecule has 35 heavy (non-hydrogen) atoms. The molecule has 0 spiro atoms. The quantitative estimate of drug-likeness (QED) is 0.497. The van der Waals surface area contributed by atoms with Crippen molar-refractivity contribution in [3.8, 4) is 0 Å². The van der Waals surface area contributed by atoms with Crippen molar-refractivity contribution in [1.82, 2.24) is 10.2 Å². The average Bonchev–Trinajstić information content (AvgIpc) is 3.01. The van der Waals surface area contributed by atoms with Crippen LogP contribution in [0.1, 0.15) is 54.3 Å². The topological polar surface area (TPSA) is 134 Å². The van der Waals surface area contributed by atoms with Crippen LogP contribution in [0.2, 0.25) is 0 Å². The fourth-order valence-electron chi connectivity index (χ4n) is 3.37. The molecule has 2 aromatic carbocycles. The Hall–Kier alpha value is -4.21. The molecule has 0 unspecified atom stereocenters. The van der Waals surface area contributed by atoms with Crippen molar-refractivity contribution >= 4 is 41.1 Å². The van der Waals surface area contributed by atoms with E-state index in [0.29, 0.717) is 22.5 Å². The zero-order valence-corrected chi connectivity index (χ0v) is 19.8. The number of benzene rings is 2. The predicted octanol–water partition coefficient (Wildman–Crippen LogP) is 3.16. The highest BCUT2D eigenvalue weighted by Crippen LogP contribution is 2.22. The first kappa shape index (κ1) is 25.4. The second-order valence-corrected chi connectivity index (χ2v) is 8.91. The molecule has 3 N–H and O–H groups in total. The summed E-state index contributed by atoms with van der Waals surface area (Å²) in [7, 11) is 0. The largest absolute Gasteiger partial charge is 0.444 e. The number of alkyl carbamates (subject to hydrolysis) is 1. The highest BCUT2D eigenvalue weighted by molar-refractivity contribution is 6.21. The number of fused-ring (bicyclic) bond motifs is 1. The highest BCUT2D eigenvalue weighted by atomic mass is 16.6. The van der Waals surface area contributed by atoms with Crippen LogP contribution in [0.5, 0.6) is 0 Å². The van der Waals surface area contributed by atoms with Crippen molar-refractivity contribution in [2.45, 2.75) is 39.2 Å². The molecule has 3 rings (SSSR count). The van der Waals surface area contributed by atoms with Crippen LogP contribution in [0.15, 0.2) is 48.5 Å². The van der Waals surface area contributed by atoms with Crippen molar-refractivity contribution < 1.29 is 28.7 Å². The summed E-state index contributed by atoms with van der Waals surface area (Å²) < 4.78 is 5.11. The summed E-state index contributed by atoms with van der Waals surface area (Å²) in [6.45, 7) is 5.30. The van der Waals surface area contributed by atoms with Gasteiger partial charge in [0.25, 0.3) is 11.8 Å². The number of rotatable bonds is 8. The van der Waals surface area contributed by atoms with Crippen LogP contribution in [-0.2, 0) is 14.3 Å². The fourth-order valence-corrected chi connectivity index (χ4v) is 3.37. The van der Waals surface area contributed by atoms with E-state index >= 15 is 0 Å². The SMILES string of the molecule is CC(C)(C)OC(=O)NCCC(=O)Nc1cccc(NC(=O)CCN2C(=O)c3ccccc3C2=O)c1. The van der Waals surface area contributed by atoms with Gasteiger partial charge in [-0.15, -0.1) is 0 Å². The lowest BCUT2D eigenvalue weighted by Crippen LogP contribution is -2.34. The first-order valence-electron chi connectivity index (χ1n) is 11.2. The Morgan fingerprint density at radius 1 is 0.829 bits per heavy atom.